The molecule has 1 aliphatic heterocycles. The number of aryl methyl sites for hydroxylation is 1. The molecule has 86 valence electrons. The lowest BCUT2D eigenvalue weighted by Gasteiger charge is -2.32. The number of hydrogen-bond donors (Lipinski definition) is 0. The van der Waals surface area contributed by atoms with Crippen LogP contribution in [0, 0.1) is 6.92 Å². The van der Waals surface area contributed by atoms with E-state index in [1.807, 2.05) is 4.90 Å². The zero-order valence-electron chi connectivity index (χ0n) is 9.77. The predicted molar refractivity (Wildman–Crippen MR) is 62.1 cm³/mol. The standard InChI is InChI=1S/C13H17NO2/c1-10-3-5-12(6-4-10)13-9-14(11(2)15)7-8-16-13/h3-6,13H,7-9H2,1-2H3/t13-/m0/s1. The molecule has 1 aliphatic rings. The molecule has 0 radical (unpaired) electrons. The summed E-state index contributed by atoms with van der Waals surface area (Å²) in [6.45, 7) is 5.67. The van der Waals surface area contributed by atoms with E-state index in [1.165, 1.54) is 5.56 Å². The molecule has 0 aliphatic carbocycles. The molecule has 16 heavy (non-hydrogen) atoms. The second-order valence-electron chi connectivity index (χ2n) is 4.24. The first-order valence-corrected chi connectivity index (χ1v) is 5.60. The molecule has 1 aromatic rings. The molecule has 0 unspecified atom stereocenters. The fourth-order valence-electron chi connectivity index (χ4n) is 1.92. The van der Waals surface area contributed by atoms with Crippen molar-refractivity contribution in [3.63, 3.8) is 0 Å². The topological polar surface area (TPSA) is 29.5 Å². The van der Waals surface area contributed by atoms with E-state index in [0.717, 1.165) is 5.56 Å². The third-order valence-corrected chi connectivity index (χ3v) is 2.96. The van der Waals surface area contributed by atoms with Gasteiger partial charge in [-0.05, 0) is 12.5 Å². The first-order valence-electron chi connectivity index (χ1n) is 5.60. The van der Waals surface area contributed by atoms with Gasteiger partial charge in [0, 0.05) is 13.5 Å². The number of carbonyl (C=O) groups is 1. The maximum absolute atomic E-state index is 11.3. The van der Waals surface area contributed by atoms with Crippen molar-refractivity contribution in [3.05, 3.63) is 35.4 Å². The fraction of sp³-hybridized carbons (Fsp3) is 0.462. The normalized spacial score (nSPS) is 20.9. The van der Waals surface area contributed by atoms with Crippen LogP contribution in [0.1, 0.15) is 24.2 Å². The van der Waals surface area contributed by atoms with E-state index < -0.39 is 0 Å². The van der Waals surface area contributed by atoms with Gasteiger partial charge in [0.2, 0.25) is 5.91 Å². The highest BCUT2D eigenvalue weighted by molar-refractivity contribution is 5.73. The molecule has 0 bridgehead atoms. The van der Waals surface area contributed by atoms with Crippen LogP contribution in [0.2, 0.25) is 0 Å². The van der Waals surface area contributed by atoms with Crippen molar-refractivity contribution in [2.24, 2.45) is 0 Å². The van der Waals surface area contributed by atoms with Crippen LogP contribution < -0.4 is 0 Å². The second kappa shape index (κ2) is 4.66. The van der Waals surface area contributed by atoms with Crippen molar-refractivity contribution in [2.75, 3.05) is 19.7 Å². The number of ether oxygens (including phenoxy) is 1. The molecule has 1 saturated heterocycles. The second-order valence-corrected chi connectivity index (χ2v) is 4.24. The molecule has 0 spiro atoms. The number of hydrogen-bond acceptors (Lipinski definition) is 2. The Morgan fingerprint density at radius 2 is 2.06 bits per heavy atom. The van der Waals surface area contributed by atoms with Crippen LogP contribution in [0.15, 0.2) is 24.3 Å². The van der Waals surface area contributed by atoms with Gasteiger partial charge in [0.1, 0.15) is 6.10 Å². The van der Waals surface area contributed by atoms with Gasteiger partial charge in [-0.3, -0.25) is 4.79 Å². The van der Waals surface area contributed by atoms with Crippen LogP contribution in [-0.4, -0.2) is 30.5 Å². The fourth-order valence-corrected chi connectivity index (χ4v) is 1.92. The Labute approximate surface area is 96.0 Å². The van der Waals surface area contributed by atoms with Crippen molar-refractivity contribution < 1.29 is 9.53 Å². The smallest absolute Gasteiger partial charge is 0.219 e. The molecular formula is C13H17NO2. The maximum Gasteiger partial charge on any atom is 0.219 e. The predicted octanol–water partition coefficient (Wildman–Crippen LogP) is 1.91. The summed E-state index contributed by atoms with van der Waals surface area (Å²) >= 11 is 0. The van der Waals surface area contributed by atoms with Crippen molar-refractivity contribution in [2.45, 2.75) is 20.0 Å². The molecule has 1 amide bonds. The lowest BCUT2D eigenvalue weighted by atomic mass is 10.1. The average molecular weight is 219 g/mol. The van der Waals surface area contributed by atoms with Crippen molar-refractivity contribution in [1.82, 2.24) is 4.90 Å². The Balaban J connectivity index is 2.09. The summed E-state index contributed by atoms with van der Waals surface area (Å²) < 4.78 is 5.69. The Bertz CT molecular complexity index is 372. The lowest BCUT2D eigenvalue weighted by molar-refractivity contribution is -0.136. The number of benzene rings is 1. The Morgan fingerprint density at radius 1 is 1.38 bits per heavy atom. The van der Waals surface area contributed by atoms with Gasteiger partial charge in [-0.1, -0.05) is 29.8 Å². The number of amides is 1. The van der Waals surface area contributed by atoms with E-state index in [-0.39, 0.29) is 12.0 Å². The van der Waals surface area contributed by atoms with Crippen molar-refractivity contribution in [3.8, 4) is 0 Å². The van der Waals surface area contributed by atoms with E-state index in [0.29, 0.717) is 19.7 Å². The molecule has 0 saturated carbocycles. The number of morpholine rings is 1. The minimum Gasteiger partial charge on any atom is -0.370 e. The molecule has 1 heterocycles. The molecule has 3 nitrogen and oxygen atoms in total. The molecule has 1 fully saturated rings. The summed E-state index contributed by atoms with van der Waals surface area (Å²) in [6, 6.07) is 8.30. The molecule has 1 aromatic carbocycles. The summed E-state index contributed by atoms with van der Waals surface area (Å²) in [5, 5.41) is 0. The van der Waals surface area contributed by atoms with Gasteiger partial charge in [-0.25, -0.2) is 0 Å². The minimum absolute atomic E-state index is 0.0262. The molecule has 0 N–H and O–H groups in total. The van der Waals surface area contributed by atoms with Crippen LogP contribution in [0.4, 0.5) is 0 Å². The van der Waals surface area contributed by atoms with Gasteiger partial charge in [-0.15, -0.1) is 0 Å². The van der Waals surface area contributed by atoms with Crippen molar-refractivity contribution >= 4 is 5.91 Å². The molecular weight excluding hydrogens is 202 g/mol. The highest BCUT2D eigenvalue weighted by Crippen LogP contribution is 2.22. The van der Waals surface area contributed by atoms with E-state index >= 15 is 0 Å². The maximum atomic E-state index is 11.3. The number of rotatable bonds is 1. The van der Waals surface area contributed by atoms with Gasteiger partial charge >= 0.3 is 0 Å². The highest BCUT2D eigenvalue weighted by atomic mass is 16.5. The minimum atomic E-state index is 0.0262. The van der Waals surface area contributed by atoms with Gasteiger partial charge in [0.15, 0.2) is 0 Å². The molecule has 3 heteroatoms. The molecule has 2 rings (SSSR count). The van der Waals surface area contributed by atoms with Gasteiger partial charge in [-0.2, -0.15) is 0 Å². The summed E-state index contributed by atoms with van der Waals surface area (Å²) in [7, 11) is 0. The SMILES string of the molecule is CC(=O)N1CCO[C@H](c2ccc(C)cc2)C1. The summed E-state index contributed by atoms with van der Waals surface area (Å²) in [5.41, 5.74) is 2.39. The van der Waals surface area contributed by atoms with Gasteiger partial charge in [0.05, 0.1) is 13.2 Å². The molecule has 0 aromatic heterocycles. The number of nitrogens with zero attached hydrogens (tertiary/aromatic N) is 1. The largest absolute Gasteiger partial charge is 0.370 e. The third kappa shape index (κ3) is 2.42. The van der Waals surface area contributed by atoms with E-state index in [1.54, 1.807) is 6.92 Å². The average Bonchev–Trinajstić information content (AvgIpc) is 2.30. The van der Waals surface area contributed by atoms with Gasteiger partial charge in [0.25, 0.3) is 0 Å². The van der Waals surface area contributed by atoms with E-state index in [2.05, 4.69) is 31.2 Å². The van der Waals surface area contributed by atoms with Gasteiger partial charge < -0.3 is 9.64 Å². The lowest BCUT2D eigenvalue weighted by Crippen LogP contribution is -2.41. The monoisotopic (exact) mass is 219 g/mol. The number of carbonyl (C=O) groups excluding carboxylic acids is 1. The van der Waals surface area contributed by atoms with Crippen LogP contribution in [0.3, 0.4) is 0 Å². The quantitative estimate of drug-likeness (QED) is 0.722. The van der Waals surface area contributed by atoms with Crippen LogP contribution in [0.25, 0.3) is 0 Å². The zero-order valence-corrected chi connectivity index (χ0v) is 9.77. The molecule has 1 atom stereocenters. The van der Waals surface area contributed by atoms with Crippen LogP contribution in [-0.2, 0) is 9.53 Å². The Morgan fingerprint density at radius 3 is 2.69 bits per heavy atom. The van der Waals surface area contributed by atoms with Crippen molar-refractivity contribution in [1.29, 1.82) is 0 Å². The zero-order chi connectivity index (χ0) is 11.5. The summed E-state index contributed by atoms with van der Waals surface area (Å²) in [4.78, 5) is 13.1. The Kier molecular flexibility index (Phi) is 3.25. The summed E-state index contributed by atoms with van der Waals surface area (Å²) in [5.74, 6) is 0.125. The third-order valence-electron chi connectivity index (χ3n) is 2.96. The Hall–Kier alpha value is -1.35. The van der Waals surface area contributed by atoms with E-state index in [9.17, 15) is 4.79 Å². The summed E-state index contributed by atoms with van der Waals surface area (Å²) in [6.07, 6.45) is 0.0262. The highest BCUT2D eigenvalue weighted by Gasteiger charge is 2.23. The first kappa shape index (κ1) is 11.1. The van der Waals surface area contributed by atoms with E-state index in [4.69, 9.17) is 4.74 Å². The van der Waals surface area contributed by atoms with Crippen LogP contribution >= 0.6 is 0 Å². The van der Waals surface area contributed by atoms with Crippen LogP contribution in [0.5, 0.6) is 0 Å². The first-order chi connectivity index (χ1) is 7.66.